The third-order valence-electron chi connectivity index (χ3n) is 1.93. The lowest BCUT2D eigenvalue weighted by Crippen LogP contribution is -2.13. The summed E-state index contributed by atoms with van der Waals surface area (Å²) in [7, 11) is 0. The molecule has 1 amide bonds. The number of halogens is 2. The number of aromatic nitrogens is 1. The number of thiazole rings is 1. The zero-order valence-electron chi connectivity index (χ0n) is 9.02. The van der Waals surface area contributed by atoms with Gasteiger partial charge in [0.1, 0.15) is 11.6 Å². The van der Waals surface area contributed by atoms with Crippen LogP contribution in [-0.4, -0.2) is 16.6 Å². The quantitative estimate of drug-likeness (QED) is 0.878. The average molecular weight is 286 g/mol. The molecule has 0 aliphatic carbocycles. The molecule has 2 rings (SSSR count). The predicted molar refractivity (Wildman–Crippen MR) is 67.8 cm³/mol. The topological polar surface area (TPSA) is 42.0 Å². The number of thioether (sulfide) groups is 1. The van der Waals surface area contributed by atoms with Crippen LogP contribution in [0.5, 0.6) is 0 Å². The van der Waals surface area contributed by atoms with Crippen LogP contribution < -0.4 is 5.32 Å². The number of carbonyl (C=O) groups is 1. The number of nitrogens with zero attached hydrogens (tertiary/aromatic N) is 1. The van der Waals surface area contributed by atoms with E-state index in [1.54, 1.807) is 11.6 Å². The third kappa shape index (κ3) is 3.51. The molecular weight excluding hydrogens is 278 g/mol. The number of anilines is 1. The molecule has 1 aromatic carbocycles. The molecule has 0 aliphatic heterocycles. The van der Waals surface area contributed by atoms with Crippen molar-refractivity contribution >= 4 is 34.1 Å². The molecule has 0 unspecified atom stereocenters. The zero-order chi connectivity index (χ0) is 13.0. The summed E-state index contributed by atoms with van der Waals surface area (Å²) in [5.74, 6) is -1.37. The van der Waals surface area contributed by atoms with E-state index in [1.807, 2.05) is 0 Å². The molecule has 94 valence electrons. The molecule has 1 aromatic heterocycles. The first-order valence-corrected chi connectivity index (χ1v) is 6.79. The summed E-state index contributed by atoms with van der Waals surface area (Å²) in [4.78, 5) is 15.5. The Morgan fingerprint density at radius 2 is 2.28 bits per heavy atom. The number of hydrogen-bond donors (Lipinski definition) is 1. The smallest absolute Gasteiger partial charge is 0.236 e. The van der Waals surface area contributed by atoms with Gasteiger partial charge in [0.15, 0.2) is 5.13 Å². The Labute approximate surface area is 110 Å². The van der Waals surface area contributed by atoms with Crippen LogP contribution in [0.25, 0.3) is 0 Å². The lowest BCUT2D eigenvalue weighted by molar-refractivity contribution is -0.113. The molecule has 0 radical (unpaired) electrons. The maximum Gasteiger partial charge on any atom is 0.236 e. The molecule has 0 atom stereocenters. The normalized spacial score (nSPS) is 10.3. The highest BCUT2D eigenvalue weighted by Gasteiger charge is 2.09. The van der Waals surface area contributed by atoms with E-state index in [4.69, 9.17) is 0 Å². The number of rotatable bonds is 4. The number of nitrogens with one attached hydrogen (secondary N) is 1. The number of benzene rings is 1. The summed E-state index contributed by atoms with van der Waals surface area (Å²) in [5, 5.41) is 4.78. The maximum absolute atomic E-state index is 13.3. The lowest BCUT2D eigenvalue weighted by atomic mass is 10.3. The highest BCUT2D eigenvalue weighted by atomic mass is 32.2. The van der Waals surface area contributed by atoms with Gasteiger partial charge in [0.2, 0.25) is 5.91 Å². The van der Waals surface area contributed by atoms with Gasteiger partial charge in [-0.2, -0.15) is 0 Å². The maximum atomic E-state index is 13.3. The molecule has 18 heavy (non-hydrogen) atoms. The summed E-state index contributed by atoms with van der Waals surface area (Å²) in [6.07, 6.45) is 1.57. The van der Waals surface area contributed by atoms with Gasteiger partial charge in [-0.15, -0.1) is 23.1 Å². The Morgan fingerprint density at radius 1 is 1.44 bits per heavy atom. The van der Waals surface area contributed by atoms with E-state index in [9.17, 15) is 13.6 Å². The van der Waals surface area contributed by atoms with E-state index in [0.717, 1.165) is 30.0 Å². The van der Waals surface area contributed by atoms with Crippen molar-refractivity contribution in [3.63, 3.8) is 0 Å². The average Bonchev–Trinajstić information content (AvgIpc) is 2.83. The van der Waals surface area contributed by atoms with E-state index in [0.29, 0.717) is 5.13 Å². The van der Waals surface area contributed by atoms with Gasteiger partial charge in [0.25, 0.3) is 0 Å². The van der Waals surface area contributed by atoms with Crippen LogP contribution in [-0.2, 0) is 4.79 Å². The van der Waals surface area contributed by atoms with Crippen molar-refractivity contribution in [2.24, 2.45) is 0 Å². The van der Waals surface area contributed by atoms with Crippen molar-refractivity contribution in [3.05, 3.63) is 41.4 Å². The van der Waals surface area contributed by atoms with Gasteiger partial charge in [0, 0.05) is 16.5 Å². The minimum Gasteiger partial charge on any atom is -0.301 e. The Balaban J connectivity index is 1.91. The minimum absolute atomic E-state index is 0.0000463. The van der Waals surface area contributed by atoms with E-state index >= 15 is 0 Å². The molecule has 3 nitrogen and oxygen atoms in total. The van der Waals surface area contributed by atoms with Crippen LogP contribution in [0.3, 0.4) is 0 Å². The number of carbonyl (C=O) groups excluding carboxylic acids is 1. The van der Waals surface area contributed by atoms with Gasteiger partial charge in [-0.3, -0.25) is 4.79 Å². The lowest BCUT2D eigenvalue weighted by Gasteiger charge is -2.03. The third-order valence-corrected chi connectivity index (χ3v) is 3.65. The van der Waals surface area contributed by atoms with Crippen LogP contribution in [0.2, 0.25) is 0 Å². The van der Waals surface area contributed by atoms with Crippen molar-refractivity contribution in [1.82, 2.24) is 4.98 Å². The van der Waals surface area contributed by atoms with E-state index in [-0.39, 0.29) is 16.6 Å². The standard InChI is InChI=1S/C11H8F2N2OS2/c12-7-1-2-8(13)9(5-7)18-6-10(16)15-11-14-3-4-17-11/h1-5H,6H2,(H,14,15,16). The number of hydrogen-bond acceptors (Lipinski definition) is 4. The molecule has 0 saturated carbocycles. The largest absolute Gasteiger partial charge is 0.301 e. The second-order valence-electron chi connectivity index (χ2n) is 3.25. The van der Waals surface area contributed by atoms with Crippen molar-refractivity contribution < 1.29 is 13.6 Å². The van der Waals surface area contributed by atoms with Gasteiger partial charge in [-0.25, -0.2) is 13.8 Å². The summed E-state index contributed by atoms with van der Waals surface area (Å²) in [5.41, 5.74) is 0. The summed E-state index contributed by atoms with van der Waals surface area (Å²) in [6, 6.07) is 3.14. The van der Waals surface area contributed by atoms with Crippen molar-refractivity contribution in [2.75, 3.05) is 11.1 Å². The van der Waals surface area contributed by atoms with E-state index in [1.165, 1.54) is 11.3 Å². The second-order valence-corrected chi connectivity index (χ2v) is 5.16. The number of amides is 1. The molecule has 7 heteroatoms. The fourth-order valence-corrected chi connectivity index (χ4v) is 2.48. The Kier molecular flexibility index (Phi) is 4.27. The summed E-state index contributed by atoms with van der Waals surface area (Å²) < 4.78 is 26.2. The molecule has 1 heterocycles. The van der Waals surface area contributed by atoms with E-state index in [2.05, 4.69) is 10.3 Å². The monoisotopic (exact) mass is 286 g/mol. The molecule has 0 aliphatic rings. The highest BCUT2D eigenvalue weighted by molar-refractivity contribution is 8.00. The fourth-order valence-electron chi connectivity index (χ4n) is 1.17. The highest BCUT2D eigenvalue weighted by Crippen LogP contribution is 2.23. The molecule has 0 bridgehead atoms. The second kappa shape index (κ2) is 5.92. The first-order valence-electron chi connectivity index (χ1n) is 4.92. The van der Waals surface area contributed by atoms with Crippen LogP contribution in [0.15, 0.2) is 34.7 Å². The summed E-state index contributed by atoms with van der Waals surface area (Å²) in [6.45, 7) is 0. The molecular formula is C11H8F2N2OS2. The molecule has 1 N–H and O–H groups in total. The van der Waals surface area contributed by atoms with Crippen molar-refractivity contribution in [3.8, 4) is 0 Å². The fraction of sp³-hybridized carbons (Fsp3) is 0.0909. The molecule has 0 fully saturated rings. The van der Waals surface area contributed by atoms with Crippen LogP contribution in [0, 0.1) is 11.6 Å². The van der Waals surface area contributed by atoms with Gasteiger partial charge in [0.05, 0.1) is 5.75 Å². The van der Waals surface area contributed by atoms with Gasteiger partial charge >= 0.3 is 0 Å². The summed E-state index contributed by atoms with van der Waals surface area (Å²) >= 11 is 2.23. The van der Waals surface area contributed by atoms with Gasteiger partial charge < -0.3 is 5.32 Å². The van der Waals surface area contributed by atoms with Crippen LogP contribution >= 0.6 is 23.1 Å². The Hall–Kier alpha value is -1.47. The first kappa shape index (κ1) is 13.0. The van der Waals surface area contributed by atoms with Crippen LogP contribution in [0.4, 0.5) is 13.9 Å². The molecule has 0 spiro atoms. The van der Waals surface area contributed by atoms with Crippen LogP contribution in [0.1, 0.15) is 0 Å². The SMILES string of the molecule is O=C(CSc1cc(F)ccc1F)Nc1nccs1. The minimum atomic E-state index is -0.538. The van der Waals surface area contributed by atoms with Gasteiger partial charge in [-0.05, 0) is 18.2 Å². The Bertz CT molecular complexity index is 546. The Morgan fingerprint density at radius 3 is 3.00 bits per heavy atom. The van der Waals surface area contributed by atoms with Crippen molar-refractivity contribution in [1.29, 1.82) is 0 Å². The molecule has 0 saturated heterocycles. The van der Waals surface area contributed by atoms with E-state index < -0.39 is 11.6 Å². The first-order chi connectivity index (χ1) is 8.65. The van der Waals surface area contributed by atoms with Gasteiger partial charge in [-0.1, -0.05) is 0 Å². The van der Waals surface area contributed by atoms with Crippen molar-refractivity contribution in [2.45, 2.75) is 4.90 Å². The zero-order valence-corrected chi connectivity index (χ0v) is 10.7. The molecule has 2 aromatic rings. The predicted octanol–water partition coefficient (Wildman–Crippen LogP) is 3.15.